The minimum Gasteiger partial charge on any atom is -0.508 e. The number of carbonyl (C=O) groups is 1. The maximum Gasteiger partial charge on any atom is 0.306 e. The summed E-state index contributed by atoms with van der Waals surface area (Å²) in [7, 11) is 0. The second-order valence-electron chi connectivity index (χ2n) is 5.63. The van der Waals surface area contributed by atoms with Crippen LogP contribution in [0.1, 0.15) is 44.7 Å². The van der Waals surface area contributed by atoms with Gasteiger partial charge in [0.25, 0.3) is 0 Å². The number of rotatable bonds is 4. The van der Waals surface area contributed by atoms with Gasteiger partial charge in [0.1, 0.15) is 5.75 Å². The number of para-hydroxylation sites is 1. The zero-order valence-corrected chi connectivity index (χ0v) is 12.1. The predicted molar refractivity (Wildman–Crippen MR) is 77.7 cm³/mol. The number of phenols is 1. The van der Waals surface area contributed by atoms with Crippen molar-refractivity contribution >= 4 is 5.97 Å². The van der Waals surface area contributed by atoms with Gasteiger partial charge < -0.3 is 10.2 Å². The second kappa shape index (κ2) is 6.27. The number of hydrogen-bond acceptors (Lipinski definition) is 3. The van der Waals surface area contributed by atoms with Crippen molar-refractivity contribution in [1.82, 2.24) is 4.90 Å². The number of aromatic hydroxyl groups is 1. The van der Waals surface area contributed by atoms with E-state index in [1.54, 1.807) is 6.07 Å². The van der Waals surface area contributed by atoms with E-state index in [2.05, 4.69) is 18.7 Å². The summed E-state index contributed by atoms with van der Waals surface area (Å²) >= 11 is 0. The summed E-state index contributed by atoms with van der Waals surface area (Å²) in [4.78, 5) is 13.4. The molecule has 1 aliphatic rings. The van der Waals surface area contributed by atoms with Gasteiger partial charge in [-0.2, -0.15) is 0 Å². The molecule has 0 radical (unpaired) electrons. The molecule has 1 aromatic rings. The first kappa shape index (κ1) is 14.9. The fraction of sp³-hybridized carbons (Fsp3) is 0.562. The maximum atomic E-state index is 11.1. The number of carboxylic acids is 1. The molecule has 0 spiro atoms. The number of likely N-dealkylation sites (tertiary alicyclic amines) is 1. The topological polar surface area (TPSA) is 60.8 Å². The van der Waals surface area contributed by atoms with Crippen molar-refractivity contribution in [3.8, 4) is 5.75 Å². The minimum absolute atomic E-state index is 0.154. The molecule has 1 aromatic carbocycles. The van der Waals surface area contributed by atoms with Gasteiger partial charge in [0.15, 0.2) is 0 Å². The molecule has 4 nitrogen and oxygen atoms in total. The molecule has 1 fully saturated rings. The van der Waals surface area contributed by atoms with Crippen LogP contribution in [0.4, 0.5) is 0 Å². The van der Waals surface area contributed by atoms with Gasteiger partial charge in [-0.15, -0.1) is 0 Å². The van der Waals surface area contributed by atoms with E-state index in [4.69, 9.17) is 5.11 Å². The Labute approximate surface area is 120 Å². The molecule has 0 amide bonds. The van der Waals surface area contributed by atoms with Gasteiger partial charge in [-0.25, -0.2) is 0 Å². The quantitative estimate of drug-likeness (QED) is 0.888. The van der Waals surface area contributed by atoms with E-state index in [0.717, 1.165) is 18.5 Å². The molecule has 1 aliphatic heterocycles. The lowest BCUT2D eigenvalue weighted by Gasteiger charge is -2.41. The van der Waals surface area contributed by atoms with E-state index in [0.29, 0.717) is 18.6 Å². The lowest BCUT2D eigenvalue weighted by atomic mass is 9.88. The van der Waals surface area contributed by atoms with Crippen LogP contribution in [0.3, 0.4) is 0 Å². The van der Waals surface area contributed by atoms with Gasteiger partial charge in [-0.05, 0) is 38.8 Å². The van der Waals surface area contributed by atoms with Crippen LogP contribution in [-0.4, -0.2) is 33.7 Å². The Kier molecular flexibility index (Phi) is 4.65. The van der Waals surface area contributed by atoms with Gasteiger partial charge in [0, 0.05) is 17.6 Å². The van der Waals surface area contributed by atoms with Crippen molar-refractivity contribution in [3.63, 3.8) is 0 Å². The van der Waals surface area contributed by atoms with Crippen LogP contribution < -0.4 is 0 Å². The summed E-state index contributed by atoms with van der Waals surface area (Å²) < 4.78 is 0. The highest BCUT2D eigenvalue weighted by atomic mass is 16.4. The fourth-order valence-corrected chi connectivity index (χ4v) is 3.28. The Balaban J connectivity index is 2.17. The van der Waals surface area contributed by atoms with Gasteiger partial charge >= 0.3 is 5.97 Å². The van der Waals surface area contributed by atoms with Gasteiger partial charge in [-0.3, -0.25) is 9.69 Å². The highest BCUT2D eigenvalue weighted by Gasteiger charge is 2.33. The average Bonchev–Trinajstić information content (AvgIpc) is 2.43. The first-order chi connectivity index (χ1) is 9.54. The molecule has 1 heterocycles. The number of carboxylic acid groups (broad SMARTS) is 1. The Morgan fingerprint density at radius 2 is 2.15 bits per heavy atom. The Morgan fingerprint density at radius 1 is 1.45 bits per heavy atom. The van der Waals surface area contributed by atoms with E-state index >= 15 is 0 Å². The van der Waals surface area contributed by atoms with E-state index in [1.807, 2.05) is 18.2 Å². The third-order valence-corrected chi connectivity index (χ3v) is 4.36. The van der Waals surface area contributed by atoms with Crippen LogP contribution >= 0.6 is 0 Å². The number of piperidine rings is 1. The van der Waals surface area contributed by atoms with Crippen LogP contribution in [-0.2, 0) is 4.79 Å². The molecule has 0 bridgehead atoms. The Morgan fingerprint density at radius 3 is 2.70 bits per heavy atom. The van der Waals surface area contributed by atoms with Crippen molar-refractivity contribution in [2.24, 2.45) is 5.92 Å². The molecule has 0 saturated carbocycles. The van der Waals surface area contributed by atoms with E-state index < -0.39 is 5.97 Å². The number of benzene rings is 1. The normalized spacial score (nSPS) is 25.3. The van der Waals surface area contributed by atoms with Crippen molar-refractivity contribution in [2.75, 3.05) is 6.54 Å². The lowest BCUT2D eigenvalue weighted by Crippen LogP contribution is -2.44. The molecule has 4 heteroatoms. The monoisotopic (exact) mass is 277 g/mol. The molecule has 3 atom stereocenters. The molecule has 2 rings (SSSR count). The molecule has 20 heavy (non-hydrogen) atoms. The molecule has 110 valence electrons. The molecule has 2 N–H and O–H groups in total. The Bertz CT molecular complexity index is 475. The summed E-state index contributed by atoms with van der Waals surface area (Å²) in [5.41, 5.74) is 0.940. The number of hydrogen-bond donors (Lipinski definition) is 2. The van der Waals surface area contributed by atoms with Crippen molar-refractivity contribution in [1.29, 1.82) is 0 Å². The van der Waals surface area contributed by atoms with Crippen LogP contribution in [0.2, 0.25) is 0 Å². The third-order valence-electron chi connectivity index (χ3n) is 4.36. The molecule has 1 saturated heterocycles. The highest BCUT2D eigenvalue weighted by molar-refractivity contribution is 5.70. The first-order valence-electron chi connectivity index (χ1n) is 7.31. The number of nitrogens with zero attached hydrogens (tertiary/aromatic N) is 1. The SMILES string of the molecule is CCC(c1ccccc1O)N1CCC(C(=O)O)CC1C. The van der Waals surface area contributed by atoms with Crippen LogP contribution in [0.25, 0.3) is 0 Å². The molecular weight excluding hydrogens is 254 g/mol. The van der Waals surface area contributed by atoms with E-state index in [-0.39, 0.29) is 18.0 Å². The van der Waals surface area contributed by atoms with E-state index in [9.17, 15) is 9.90 Å². The van der Waals surface area contributed by atoms with Gasteiger partial charge in [-0.1, -0.05) is 25.1 Å². The Hall–Kier alpha value is -1.55. The molecule has 0 aliphatic carbocycles. The minimum atomic E-state index is -0.688. The molecule has 0 aromatic heterocycles. The van der Waals surface area contributed by atoms with Crippen LogP contribution in [0.5, 0.6) is 5.75 Å². The van der Waals surface area contributed by atoms with Crippen molar-refractivity contribution in [3.05, 3.63) is 29.8 Å². The molecule has 3 unspecified atom stereocenters. The van der Waals surface area contributed by atoms with Crippen molar-refractivity contribution in [2.45, 2.75) is 45.2 Å². The number of phenolic OH excluding ortho intramolecular Hbond substituents is 1. The van der Waals surface area contributed by atoms with Crippen molar-refractivity contribution < 1.29 is 15.0 Å². The predicted octanol–water partition coefficient (Wildman–Crippen LogP) is 3.03. The summed E-state index contributed by atoms with van der Waals surface area (Å²) in [5, 5.41) is 19.2. The third kappa shape index (κ3) is 2.96. The summed E-state index contributed by atoms with van der Waals surface area (Å²) in [6, 6.07) is 7.81. The van der Waals surface area contributed by atoms with Crippen LogP contribution in [0.15, 0.2) is 24.3 Å². The van der Waals surface area contributed by atoms with Gasteiger partial charge in [0.05, 0.1) is 5.92 Å². The highest BCUT2D eigenvalue weighted by Crippen LogP contribution is 2.36. The first-order valence-corrected chi connectivity index (χ1v) is 7.31. The average molecular weight is 277 g/mol. The van der Waals surface area contributed by atoms with Gasteiger partial charge in [0.2, 0.25) is 0 Å². The zero-order valence-electron chi connectivity index (χ0n) is 12.1. The summed E-state index contributed by atoms with van der Waals surface area (Å²) in [5.74, 6) is -0.595. The van der Waals surface area contributed by atoms with Crippen LogP contribution in [0, 0.1) is 5.92 Å². The standard InChI is InChI=1S/C16H23NO3/c1-3-14(13-6-4-5-7-15(13)18)17-9-8-12(16(19)20)10-11(17)2/h4-7,11-12,14,18H,3,8-10H2,1-2H3,(H,19,20). The fourth-order valence-electron chi connectivity index (χ4n) is 3.28. The zero-order chi connectivity index (χ0) is 14.7. The van der Waals surface area contributed by atoms with E-state index in [1.165, 1.54) is 0 Å². The number of aliphatic carboxylic acids is 1. The lowest BCUT2D eigenvalue weighted by molar-refractivity contribution is -0.144. The smallest absolute Gasteiger partial charge is 0.306 e. The molecular formula is C16H23NO3. The largest absolute Gasteiger partial charge is 0.508 e. The summed E-state index contributed by atoms with van der Waals surface area (Å²) in [6.07, 6.45) is 2.27. The second-order valence-corrected chi connectivity index (χ2v) is 5.63. The maximum absolute atomic E-state index is 11.1. The summed E-state index contributed by atoms with van der Waals surface area (Å²) in [6.45, 7) is 4.95.